The number of carboxylic acids is 1. The summed E-state index contributed by atoms with van der Waals surface area (Å²) in [7, 11) is 0. The molecule has 4 heteroatoms. The predicted octanol–water partition coefficient (Wildman–Crippen LogP) is 6.97. The number of benzene rings is 2. The molecule has 0 aliphatic heterocycles. The Morgan fingerprint density at radius 1 is 1.06 bits per heavy atom. The Morgan fingerprint density at radius 3 is 2.19 bits per heavy atom. The molecule has 0 spiro atoms. The monoisotopic (exact) mass is 423 g/mol. The molecule has 168 valence electrons. The number of rotatable bonds is 8. The van der Waals surface area contributed by atoms with Gasteiger partial charge in [-0.1, -0.05) is 53.2 Å². The fourth-order valence-corrected chi connectivity index (χ4v) is 4.44. The smallest absolute Gasteiger partial charge is 0.335 e. The molecule has 1 atom stereocenters. The average molecular weight is 424 g/mol. The molecule has 2 aromatic carbocycles. The van der Waals surface area contributed by atoms with Gasteiger partial charge in [0.05, 0.1) is 5.56 Å². The van der Waals surface area contributed by atoms with Crippen LogP contribution in [0.2, 0.25) is 0 Å². The van der Waals surface area contributed by atoms with E-state index in [1.54, 1.807) is 24.3 Å². The molecule has 0 bridgehead atoms. The van der Waals surface area contributed by atoms with E-state index in [1.807, 2.05) is 0 Å². The summed E-state index contributed by atoms with van der Waals surface area (Å²) in [5.41, 5.74) is 6.67. The Balaban J connectivity index is 1.99. The number of carbonyl (C=O) groups is 1. The van der Waals surface area contributed by atoms with Crippen molar-refractivity contribution in [1.29, 1.82) is 0 Å². The van der Waals surface area contributed by atoms with Gasteiger partial charge in [-0.3, -0.25) is 0 Å². The number of hydrogen-bond donors (Lipinski definition) is 2. The van der Waals surface area contributed by atoms with Gasteiger partial charge in [-0.25, -0.2) is 4.79 Å². The van der Waals surface area contributed by atoms with Gasteiger partial charge in [0.25, 0.3) is 0 Å². The van der Waals surface area contributed by atoms with Gasteiger partial charge in [0.1, 0.15) is 0 Å². The summed E-state index contributed by atoms with van der Waals surface area (Å²) < 4.78 is 6.31. The Hall–Kier alpha value is -2.33. The Morgan fingerprint density at radius 2 is 1.65 bits per heavy atom. The lowest BCUT2D eigenvalue weighted by Crippen LogP contribution is -2.34. The molecule has 2 aromatic rings. The molecular weight excluding hydrogens is 386 g/mol. The summed E-state index contributed by atoms with van der Waals surface area (Å²) in [6.45, 7) is 14.4. The van der Waals surface area contributed by atoms with Crippen LogP contribution < -0.4 is 5.32 Å². The third-order valence-corrected chi connectivity index (χ3v) is 6.73. The summed E-state index contributed by atoms with van der Waals surface area (Å²) in [5.74, 6) is -0.919. The number of aromatic carboxylic acids is 1. The van der Waals surface area contributed by atoms with Gasteiger partial charge in [0.15, 0.2) is 6.23 Å². The van der Waals surface area contributed by atoms with Crippen LogP contribution in [0.1, 0.15) is 99.1 Å². The number of hydrogen-bond acceptors (Lipinski definition) is 3. The average Bonchev–Trinajstić information content (AvgIpc) is 2.71. The Kier molecular flexibility index (Phi) is 6.80. The molecule has 0 saturated heterocycles. The van der Waals surface area contributed by atoms with E-state index in [1.165, 1.54) is 29.5 Å². The molecule has 31 heavy (non-hydrogen) atoms. The highest BCUT2D eigenvalue weighted by Gasteiger charge is 2.38. The first-order valence-corrected chi connectivity index (χ1v) is 11.4. The first-order chi connectivity index (χ1) is 14.5. The third-order valence-electron chi connectivity index (χ3n) is 6.73. The zero-order valence-corrected chi connectivity index (χ0v) is 19.8. The van der Waals surface area contributed by atoms with E-state index in [9.17, 15) is 9.90 Å². The highest BCUT2D eigenvalue weighted by molar-refractivity contribution is 5.88. The number of fused-ring (bicyclic) bond motifs is 1. The zero-order chi connectivity index (χ0) is 22.8. The molecule has 1 aliphatic carbocycles. The van der Waals surface area contributed by atoms with Gasteiger partial charge >= 0.3 is 5.97 Å². The molecule has 0 fully saturated rings. The van der Waals surface area contributed by atoms with Gasteiger partial charge in [0, 0.05) is 17.9 Å². The molecule has 2 N–H and O–H groups in total. The second-order valence-electron chi connectivity index (χ2n) is 10.2. The van der Waals surface area contributed by atoms with Crippen molar-refractivity contribution in [2.45, 2.75) is 84.3 Å². The minimum atomic E-state index is -0.919. The second-order valence-corrected chi connectivity index (χ2v) is 10.2. The van der Waals surface area contributed by atoms with Crippen LogP contribution in [0.3, 0.4) is 0 Å². The standard InChI is InChI=1S/C27H37NO3/c1-7-8-15-31-24(28-20-11-9-19(10-12-20)25(29)30)21-17-23-22(16-18(21)2)26(3,4)13-14-27(23,5)6/h9-12,16-17,24,28H,7-8,13-15H2,1-6H3,(H,29,30). The van der Waals surface area contributed by atoms with Crippen molar-refractivity contribution in [3.63, 3.8) is 0 Å². The summed E-state index contributed by atoms with van der Waals surface area (Å²) in [6.07, 6.45) is 4.15. The van der Waals surface area contributed by atoms with Crippen molar-refractivity contribution < 1.29 is 14.6 Å². The molecular formula is C27H37NO3. The van der Waals surface area contributed by atoms with Crippen LogP contribution >= 0.6 is 0 Å². The Bertz CT molecular complexity index is 928. The van der Waals surface area contributed by atoms with Crippen molar-refractivity contribution in [3.8, 4) is 0 Å². The number of aryl methyl sites for hydroxylation is 1. The molecule has 0 amide bonds. The van der Waals surface area contributed by atoms with Crippen molar-refractivity contribution in [2.75, 3.05) is 11.9 Å². The number of nitrogens with one attached hydrogen (secondary N) is 1. The van der Waals surface area contributed by atoms with Crippen LogP contribution in [-0.4, -0.2) is 17.7 Å². The first kappa shape index (κ1) is 23.3. The van der Waals surface area contributed by atoms with Gasteiger partial charge in [0.2, 0.25) is 0 Å². The highest BCUT2D eigenvalue weighted by Crippen LogP contribution is 2.47. The maximum atomic E-state index is 11.2. The Labute approximate surface area is 187 Å². The lowest BCUT2D eigenvalue weighted by atomic mass is 9.62. The normalized spacial score (nSPS) is 17.6. The molecule has 1 unspecified atom stereocenters. The van der Waals surface area contributed by atoms with Crippen LogP contribution in [0.5, 0.6) is 0 Å². The molecule has 0 heterocycles. The van der Waals surface area contributed by atoms with Crippen molar-refractivity contribution in [2.24, 2.45) is 0 Å². The summed E-state index contributed by atoms with van der Waals surface area (Å²) in [5, 5.41) is 12.7. The van der Waals surface area contributed by atoms with E-state index >= 15 is 0 Å². The van der Waals surface area contributed by atoms with Crippen molar-refractivity contribution in [3.05, 3.63) is 64.2 Å². The maximum absolute atomic E-state index is 11.2. The van der Waals surface area contributed by atoms with Crippen LogP contribution in [0, 0.1) is 6.92 Å². The minimum absolute atomic E-state index is 0.129. The first-order valence-electron chi connectivity index (χ1n) is 11.4. The van der Waals surface area contributed by atoms with Crippen LogP contribution in [0.4, 0.5) is 5.69 Å². The van der Waals surface area contributed by atoms with Crippen LogP contribution in [0.15, 0.2) is 36.4 Å². The van der Waals surface area contributed by atoms with Gasteiger partial charge in [-0.05, 0) is 78.0 Å². The van der Waals surface area contributed by atoms with Crippen molar-refractivity contribution >= 4 is 11.7 Å². The lowest BCUT2D eigenvalue weighted by Gasteiger charge is -2.42. The maximum Gasteiger partial charge on any atom is 0.335 e. The lowest BCUT2D eigenvalue weighted by molar-refractivity contribution is 0.0692. The highest BCUT2D eigenvalue weighted by atomic mass is 16.5. The number of unbranched alkanes of at least 4 members (excludes halogenated alkanes) is 1. The van der Waals surface area contributed by atoms with Gasteiger partial charge in [-0.2, -0.15) is 0 Å². The summed E-state index contributed by atoms with van der Waals surface area (Å²) in [4.78, 5) is 11.2. The summed E-state index contributed by atoms with van der Waals surface area (Å²) in [6, 6.07) is 11.6. The predicted molar refractivity (Wildman–Crippen MR) is 127 cm³/mol. The fraction of sp³-hybridized carbons (Fsp3) is 0.519. The quantitative estimate of drug-likeness (QED) is 0.355. The number of carboxylic acid groups (broad SMARTS) is 1. The van der Waals surface area contributed by atoms with Gasteiger partial charge in [-0.15, -0.1) is 0 Å². The van der Waals surface area contributed by atoms with E-state index in [0.717, 1.165) is 24.1 Å². The van der Waals surface area contributed by atoms with E-state index in [2.05, 4.69) is 59.0 Å². The van der Waals surface area contributed by atoms with E-state index in [-0.39, 0.29) is 22.6 Å². The molecule has 1 aliphatic rings. The van der Waals surface area contributed by atoms with E-state index in [0.29, 0.717) is 6.61 Å². The fourth-order valence-electron chi connectivity index (χ4n) is 4.44. The SMILES string of the molecule is CCCCOC(Nc1ccc(C(=O)O)cc1)c1cc2c(cc1C)C(C)(C)CCC2(C)C. The topological polar surface area (TPSA) is 58.6 Å². The third kappa shape index (κ3) is 5.12. The minimum Gasteiger partial charge on any atom is -0.478 e. The summed E-state index contributed by atoms with van der Waals surface area (Å²) >= 11 is 0. The zero-order valence-electron chi connectivity index (χ0n) is 19.8. The molecule has 4 nitrogen and oxygen atoms in total. The molecule has 0 aromatic heterocycles. The van der Waals surface area contributed by atoms with Crippen LogP contribution in [0.25, 0.3) is 0 Å². The van der Waals surface area contributed by atoms with Crippen LogP contribution in [-0.2, 0) is 15.6 Å². The molecule has 0 radical (unpaired) electrons. The molecule has 3 rings (SSSR count). The molecule has 0 saturated carbocycles. The van der Waals surface area contributed by atoms with E-state index < -0.39 is 5.97 Å². The number of ether oxygens (including phenoxy) is 1. The number of anilines is 1. The van der Waals surface area contributed by atoms with E-state index in [4.69, 9.17) is 4.74 Å². The second kappa shape index (κ2) is 9.04. The largest absolute Gasteiger partial charge is 0.478 e. The van der Waals surface area contributed by atoms with Gasteiger partial charge < -0.3 is 15.2 Å². The van der Waals surface area contributed by atoms with Crippen molar-refractivity contribution in [1.82, 2.24) is 0 Å².